The lowest BCUT2D eigenvalue weighted by Crippen LogP contribution is -2.44. The van der Waals surface area contributed by atoms with Crippen LogP contribution in [0.5, 0.6) is 0 Å². The van der Waals surface area contributed by atoms with Gasteiger partial charge in [0.2, 0.25) is 0 Å². The molecule has 1 aliphatic rings. The topological polar surface area (TPSA) is 91.3 Å². The van der Waals surface area contributed by atoms with Gasteiger partial charge in [-0.1, -0.05) is 66.7 Å². The number of ether oxygens (including phenoxy) is 2. The Kier molecular flexibility index (Phi) is 10.9. The van der Waals surface area contributed by atoms with E-state index in [2.05, 4.69) is 34.5 Å². The standard InChI is InChI=1S/C31H37N3O5/c35-20-23-39-30(36)27-12-7-13-28(24-27)32-31(37)34(17-16-33-18-21-38-22-19-33)15-14-29(25-8-3-1-4-9-25)26-10-5-2-6-11-26/h1-13,24,29,35H,14-23H2,(H,32,37). The van der Waals surface area contributed by atoms with E-state index < -0.39 is 5.97 Å². The highest BCUT2D eigenvalue weighted by Crippen LogP contribution is 2.28. The van der Waals surface area contributed by atoms with Crippen LogP contribution in [-0.4, -0.2) is 86.1 Å². The fourth-order valence-electron chi connectivity index (χ4n) is 4.73. The minimum absolute atomic E-state index is 0.0747. The second kappa shape index (κ2) is 15.0. The molecule has 4 rings (SSSR count). The molecule has 3 aromatic carbocycles. The molecule has 0 atom stereocenters. The summed E-state index contributed by atoms with van der Waals surface area (Å²) in [5.41, 5.74) is 3.25. The van der Waals surface area contributed by atoms with E-state index in [1.165, 1.54) is 11.1 Å². The molecule has 2 N–H and O–H groups in total. The minimum atomic E-state index is -0.544. The molecule has 0 aliphatic carbocycles. The number of nitrogens with zero attached hydrogens (tertiary/aromatic N) is 2. The van der Waals surface area contributed by atoms with Crippen molar-refractivity contribution in [3.63, 3.8) is 0 Å². The molecule has 1 saturated heterocycles. The van der Waals surface area contributed by atoms with Crippen molar-refractivity contribution in [2.75, 3.05) is 64.5 Å². The van der Waals surface area contributed by atoms with E-state index in [1.54, 1.807) is 24.3 Å². The van der Waals surface area contributed by atoms with Gasteiger partial charge in [0.05, 0.1) is 25.4 Å². The van der Waals surface area contributed by atoms with Crippen molar-refractivity contribution in [2.45, 2.75) is 12.3 Å². The molecule has 8 heteroatoms. The summed E-state index contributed by atoms with van der Waals surface area (Å²) in [6, 6.07) is 27.2. The average molecular weight is 532 g/mol. The third-order valence-corrected chi connectivity index (χ3v) is 6.84. The van der Waals surface area contributed by atoms with Crippen LogP contribution >= 0.6 is 0 Å². The number of anilines is 1. The molecule has 1 aliphatic heterocycles. The van der Waals surface area contributed by atoms with Gasteiger partial charge in [-0.05, 0) is 35.7 Å². The fourth-order valence-corrected chi connectivity index (χ4v) is 4.73. The van der Waals surface area contributed by atoms with Gasteiger partial charge in [0, 0.05) is 44.3 Å². The normalized spacial score (nSPS) is 13.7. The summed E-state index contributed by atoms with van der Waals surface area (Å²) in [7, 11) is 0. The van der Waals surface area contributed by atoms with Crippen molar-refractivity contribution >= 4 is 17.7 Å². The fraction of sp³-hybridized carbons (Fsp3) is 0.355. The molecule has 0 saturated carbocycles. The second-order valence-electron chi connectivity index (χ2n) is 9.47. The number of esters is 1. The largest absolute Gasteiger partial charge is 0.460 e. The van der Waals surface area contributed by atoms with Crippen molar-refractivity contribution in [3.05, 3.63) is 102 Å². The van der Waals surface area contributed by atoms with Crippen LogP contribution in [-0.2, 0) is 9.47 Å². The van der Waals surface area contributed by atoms with Crippen molar-refractivity contribution < 1.29 is 24.2 Å². The first-order chi connectivity index (χ1) is 19.1. The highest BCUT2D eigenvalue weighted by Gasteiger charge is 2.21. The molecule has 0 spiro atoms. The molecular formula is C31H37N3O5. The van der Waals surface area contributed by atoms with Gasteiger partial charge in [0.25, 0.3) is 0 Å². The quantitative estimate of drug-likeness (QED) is 0.340. The Morgan fingerprint density at radius 2 is 1.59 bits per heavy atom. The Balaban J connectivity index is 1.48. The number of carbonyl (C=O) groups excluding carboxylic acids is 2. The highest BCUT2D eigenvalue weighted by molar-refractivity contribution is 5.94. The lowest BCUT2D eigenvalue weighted by molar-refractivity contribution is 0.0351. The number of nitrogens with one attached hydrogen (secondary N) is 1. The zero-order valence-corrected chi connectivity index (χ0v) is 22.2. The second-order valence-corrected chi connectivity index (χ2v) is 9.47. The molecule has 0 unspecified atom stereocenters. The summed E-state index contributed by atoms with van der Waals surface area (Å²) in [6.45, 7) is 4.68. The van der Waals surface area contributed by atoms with Crippen molar-refractivity contribution in [3.8, 4) is 0 Å². The molecule has 8 nitrogen and oxygen atoms in total. The third-order valence-electron chi connectivity index (χ3n) is 6.84. The summed E-state index contributed by atoms with van der Waals surface area (Å²) >= 11 is 0. The van der Waals surface area contributed by atoms with Gasteiger partial charge in [-0.2, -0.15) is 0 Å². The van der Waals surface area contributed by atoms with Crippen molar-refractivity contribution in [1.82, 2.24) is 9.80 Å². The minimum Gasteiger partial charge on any atom is -0.460 e. The number of morpholine rings is 1. The number of urea groups is 1. The Morgan fingerprint density at radius 1 is 0.923 bits per heavy atom. The van der Waals surface area contributed by atoms with Crippen molar-refractivity contribution in [2.24, 2.45) is 0 Å². The Morgan fingerprint density at radius 3 is 2.23 bits per heavy atom. The zero-order valence-electron chi connectivity index (χ0n) is 22.2. The number of hydrogen-bond acceptors (Lipinski definition) is 6. The van der Waals surface area contributed by atoms with Crippen LogP contribution < -0.4 is 5.32 Å². The number of aliphatic hydroxyl groups excluding tert-OH is 1. The van der Waals surface area contributed by atoms with Gasteiger partial charge in [-0.3, -0.25) is 4.90 Å². The molecule has 0 radical (unpaired) electrons. The summed E-state index contributed by atoms with van der Waals surface area (Å²) < 4.78 is 10.5. The Hall–Kier alpha value is -3.72. The van der Waals surface area contributed by atoms with E-state index in [-0.39, 0.29) is 25.2 Å². The van der Waals surface area contributed by atoms with Gasteiger partial charge in [-0.15, -0.1) is 0 Å². The van der Waals surface area contributed by atoms with E-state index in [0.717, 1.165) is 26.1 Å². The van der Waals surface area contributed by atoms with Gasteiger partial charge < -0.3 is 24.8 Å². The Bertz CT molecular complexity index is 1130. The van der Waals surface area contributed by atoms with E-state index in [9.17, 15) is 9.59 Å². The molecule has 0 aromatic heterocycles. The number of rotatable bonds is 12. The molecule has 39 heavy (non-hydrogen) atoms. The third kappa shape index (κ3) is 8.64. The van der Waals surface area contributed by atoms with Gasteiger partial charge in [0.15, 0.2) is 0 Å². The smallest absolute Gasteiger partial charge is 0.338 e. The van der Waals surface area contributed by atoms with E-state index >= 15 is 0 Å². The maximum absolute atomic E-state index is 13.5. The number of aliphatic hydroxyl groups is 1. The predicted molar refractivity (Wildman–Crippen MR) is 151 cm³/mol. The number of benzene rings is 3. The molecule has 3 aromatic rings. The van der Waals surface area contributed by atoms with Crippen LogP contribution in [0.25, 0.3) is 0 Å². The van der Waals surface area contributed by atoms with Gasteiger partial charge in [0.1, 0.15) is 6.61 Å². The SMILES string of the molecule is O=C(OCCO)c1cccc(NC(=O)N(CCC(c2ccccc2)c2ccccc2)CCN2CCOCC2)c1. The van der Waals surface area contributed by atoms with Gasteiger partial charge in [-0.25, -0.2) is 9.59 Å². The van der Waals surface area contributed by atoms with Crippen LogP contribution in [0.3, 0.4) is 0 Å². The lowest BCUT2D eigenvalue weighted by atomic mass is 9.88. The number of hydrogen-bond donors (Lipinski definition) is 2. The first-order valence-corrected chi connectivity index (χ1v) is 13.5. The van der Waals surface area contributed by atoms with Crippen LogP contribution in [0, 0.1) is 0 Å². The summed E-state index contributed by atoms with van der Waals surface area (Å²) in [4.78, 5) is 29.9. The van der Waals surface area contributed by atoms with Crippen LogP contribution in [0.2, 0.25) is 0 Å². The van der Waals surface area contributed by atoms with E-state index in [0.29, 0.717) is 37.6 Å². The van der Waals surface area contributed by atoms with Crippen LogP contribution in [0.4, 0.5) is 10.5 Å². The molecular weight excluding hydrogens is 494 g/mol. The van der Waals surface area contributed by atoms with Gasteiger partial charge >= 0.3 is 12.0 Å². The first-order valence-electron chi connectivity index (χ1n) is 13.5. The lowest BCUT2D eigenvalue weighted by Gasteiger charge is -2.31. The average Bonchev–Trinajstić information content (AvgIpc) is 2.99. The monoisotopic (exact) mass is 531 g/mol. The van der Waals surface area contributed by atoms with E-state index in [4.69, 9.17) is 14.6 Å². The highest BCUT2D eigenvalue weighted by atomic mass is 16.5. The predicted octanol–water partition coefficient (Wildman–Crippen LogP) is 4.22. The molecule has 206 valence electrons. The zero-order chi connectivity index (χ0) is 27.3. The number of carbonyl (C=O) groups is 2. The van der Waals surface area contributed by atoms with E-state index in [1.807, 2.05) is 41.3 Å². The van der Waals surface area contributed by atoms with Crippen LogP contribution in [0.15, 0.2) is 84.9 Å². The maximum Gasteiger partial charge on any atom is 0.338 e. The maximum atomic E-state index is 13.5. The molecule has 0 bridgehead atoms. The van der Waals surface area contributed by atoms with Crippen LogP contribution in [0.1, 0.15) is 33.8 Å². The summed E-state index contributed by atoms with van der Waals surface area (Å²) in [5, 5.41) is 11.9. The summed E-state index contributed by atoms with van der Waals surface area (Å²) in [5.74, 6) is -0.395. The number of amides is 2. The van der Waals surface area contributed by atoms with Crippen molar-refractivity contribution in [1.29, 1.82) is 0 Å². The first kappa shape index (κ1) is 28.3. The molecule has 1 heterocycles. The Labute approximate surface area is 230 Å². The molecule has 1 fully saturated rings. The molecule has 2 amide bonds. The summed E-state index contributed by atoms with van der Waals surface area (Å²) in [6.07, 6.45) is 0.762.